The second-order valence-electron chi connectivity index (χ2n) is 1.87. The van der Waals surface area contributed by atoms with Crippen LogP contribution in [0, 0.1) is 0 Å². The molecule has 0 saturated carbocycles. The lowest BCUT2D eigenvalue weighted by atomic mass is 10.4. The Morgan fingerprint density at radius 3 is 2.90 bits per heavy atom. The molecule has 1 N–H and O–H groups in total. The van der Waals surface area contributed by atoms with Gasteiger partial charge >= 0.3 is 0 Å². The second kappa shape index (κ2) is 4.67. The van der Waals surface area contributed by atoms with Crippen LogP contribution in [0.4, 0.5) is 0 Å². The highest BCUT2D eigenvalue weighted by Crippen LogP contribution is 1.74. The number of aldehydes is 1. The fourth-order valence-electron chi connectivity index (χ4n) is 0.435. The molecule has 0 aliphatic carbocycles. The Labute approximate surface area is 59.3 Å². The predicted octanol–water partition coefficient (Wildman–Crippen LogP) is -0.609. The first kappa shape index (κ1) is 8.81. The molecule has 0 heterocycles. The highest BCUT2D eigenvalue weighted by Gasteiger charge is 2.02. The van der Waals surface area contributed by atoms with Gasteiger partial charge in [0.15, 0.2) is 0 Å². The number of carbonyl (C=O) groups is 2. The maximum absolute atomic E-state index is 10.6. The van der Waals surface area contributed by atoms with Crippen molar-refractivity contribution in [1.29, 1.82) is 0 Å². The second-order valence-corrected chi connectivity index (χ2v) is 1.87. The lowest BCUT2D eigenvalue weighted by Gasteiger charge is -2.03. The molecule has 0 aromatic heterocycles. The van der Waals surface area contributed by atoms with Gasteiger partial charge in [-0.15, -0.1) is 0 Å². The predicted molar refractivity (Wildman–Crippen MR) is 38.1 cm³/mol. The van der Waals surface area contributed by atoms with Crippen LogP contribution in [-0.4, -0.2) is 31.5 Å². The van der Waals surface area contributed by atoms with Crippen molar-refractivity contribution in [1.82, 2.24) is 5.32 Å². The summed E-state index contributed by atoms with van der Waals surface area (Å²) in [5.41, 5.74) is 0. The number of nitrogens with zero attached hydrogens (tertiary/aromatic N) is 1. The summed E-state index contributed by atoms with van der Waals surface area (Å²) in [4.78, 5) is 23.9. The third-order valence-electron chi connectivity index (χ3n) is 0.848. The van der Waals surface area contributed by atoms with Gasteiger partial charge in [0.05, 0.1) is 6.04 Å². The molecule has 1 atom stereocenters. The average molecular weight is 142 g/mol. The van der Waals surface area contributed by atoms with Gasteiger partial charge in [0.25, 0.3) is 0 Å². The molecular weight excluding hydrogens is 132 g/mol. The summed E-state index contributed by atoms with van der Waals surface area (Å²) in [7, 11) is 0. The maximum atomic E-state index is 10.6. The van der Waals surface area contributed by atoms with E-state index in [-0.39, 0.29) is 12.5 Å². The molecule has 0 aliphatic rings. The van der Waals surface area contributed by atoms with Crippen molar-refractivity contribution in [2.75, 3.05) is 6.54 Å². The van der Waals surface area contributed by atoms with Crippen molar-refractivity contribution in [3.05, 3.63) is 0 Å². The van der Waals surface area contributed by atoms with Crippen LogP contribution in [0.2, 0.25) is 0 Å². The van der Waals surface area contributed by atoms with Crippen molar-refractivity contribution in [2.24, 2.45) is 4.99 Å². The molecular formula is C6H10N2O2. The zero-order valence-corrected chi connectivity index (χ0v) is 5.83. The molecule has 0 saturated heterocycles. The van der Waals surface area contributed by atoms with Gasteiger partial charge < -0.3 is 10.1 Å². The molecule has 0 rings (SSSR count). The summed E-state index contributed by atoms with van der Waals surface area (Å²) in [5, 5.41) is 2.39. The van der Waals surface area contributed by atoms with Gasteiger partial charge in [-0.25, -0.2) is 0 Å². The van der Waals surface area contributed by atoms with Crippen molar-refractivity contribution in [2.45, 2.75) is 13.0 Å². The quantitative estimate of drug-likeness (QED) is 0.420. The minimum atomic E-state index is -0.436. The number of hydrogen-bond acceptors (Lipinski definition) is 3. The van der Waals surface area contributed by atoms with Gasteiger partial charge in [0, 0.05) is 0 Å². The highest BCUT2D eigenvalue weighted by molar-refractivity contribution is 5.81. The smallest absolute Gasteiger partial charge is 0.242 e. The van der Waals surface area contributed by atoms with Crippen LogP contribution in [0.5, 0.6) is 0 Å². The van der Waals surface area contributed by atoms with Crippen LogP contribution in [0.1, 0.15) is 6.92 Å². The van der Waals surface area contributed by atoms with Crippen LogP contribution < -0.4 is 5.32 Å². The van der Waals surface area contributed by atoms with Gasteiger partial charge in [-0.1, -0.05) is 0 Å². The first-order chi connectivity index (χ1) is 4.70. The lowest BCUT2D eigenvalue weighted by molar-refractivity contribution is -0.122. The van der Waals surface area contributed by atoms with Crippen LogP contribution in [0.25, 0.3) is 0 Å². The molecule has 4 nitrogen and oxygen atoms in total. The van der Waals surface area contributed by atoms with Gasteiger partial charge in [0.1, 0.15) is 12.8 Å². The van der Waals surface area contributed by atoms with E-state index in [9.17, 15) is 9.59 Å². The number of aliphatic imine (C=N–C) groups is 1. The third kappa shape index (κ3) is 3.77. The molecule has 0 fully saturated rings. The Morgan fingerprint density at radius 1 is 1.90 bits per heavy atom. The number of rotatable bonds is 4. The van der Waals surface area contributed by atoms with E-state index >= 15 is 0 Å². The molecule has 56 valence electrons. The van der Waals surface area contributed by atoms with E-state index in [1.807, 2.05) is 0 Å². The van der Waals surface area contributed by atoms with Crippen LogP contribution in [-0.2, 0) is 9.59 Å². The molecule has 0 radical (unpaired) electrons. The van der Waals surface area contributed by atoms with Crippen LogP contribution in [0.3, 0.4) is 0 Å². The summed E-state index contributed by atoms with van der Waals surface area (Å²) in [6, 6.07) is -0.436. The van der Waals surface area contributed by atoms with Crippen LogP contribution in [0.15, 0.2) is 4.99 Å². The molecule has 0 aromatic carbocycles. The minimum absolute atomic E-state index is 0.0121. The number of nitrogens with one attached hydrogen (secondary N) is 1. The van der Waals surface area contributed by atoms with E-state index in [4.69, 9.17) is 0 Å². The number of carbonyl (C=O) groups excluding carboxylic acids is 2. The van der Waals surface area contributed by atoms with Crippen LogP contribution >= 0.6 is 0 Å². The monoisotopic (exact) mass is 142 g/mol. The molecule has 0 spiro atoms. The summed E-state index contributed by atoms with van der Waals surface area (Å²) in [6.07, 6.45) is 0.654. The molecule has 0 aliphatic heterocycles. The van der Waals surface area contributed by atoms with Gasteiger partial charge in [-0.05, 0) is 13.6 Å². The Balaban J connectivity index is 3.56. The normalized spacial score (nSPS) is 11.7. The summed E-state index contributed by atoms with van der Waals surface area (Å²) >= 11 is 0. The molecule has 4 heteroatoms. The summed E-state index contributed by atoms with van der Waals surface area (Å²) in [6.45, 7) is 4.74. The molecule has 10 heavy (non-hydrogen) atoms. The van der Waals surface area contributed by atoms with E-state index < -0.39 is 6.04 Å². The van der Waals surface area contributed by atoms with Crippen molar-refractivity contribution in [3.63, 3.8) is 0 Å². The van der Waals surface area contributed by atoms with Crippen molar-refractivity contribution < 1.29 is 9.59 Å². The minimum Gasteiger partial charge on any atom is -0.345 e. The van der Waals surface area contributed by atoms with E-state index in [0.29, 0.717) is 6.29 Å². The molecule has 1 amide bonds. The van der Waals surface area contributed by atoms with E-state index in [1.54, 1.807) is 6.92 Å². The largest absolute Gasteiger partial charge is 0.345 e. The third-order valence-corrected chi connectivity index (χ3v) is 0.848. The summed E-state index contributed by atoms with van der Waals surface area (Å²) in [5.74, 6) is -0.283. The van der Waals surface area contributed by atoms with Gasteiger partial charge in [0.2, 0.25) is 5.91 Å². The first-order valence-electron chi connectivity index (χ1n) is 2.88. The fourth-order valence-corrected chi connectivity index (χ4v) is 0.435. The summed E-state index contributed by atoms with van der Waals surface area (Å²) < 4.78 is 0. The van der Waals surface area contributed by atoms with E-state index in [1.165, 1.54) is 0 Å². The van der Waals surface area contributed by atoms with E-state index in [0.717, 1.165) is 0 Å². The number of hydrogen-bond donors (Lipinski definition) is 1. The lowest BCUT2D eigenvalue weighted by Crippen LogP contribution is -2.34. The topological polar surface area (TPSA) is 58.5 Å². The average Bonchev–Trinajstić information content (AvgIpc) is 1.88. The standard InChI is InChI=1S/C6H10N2O2/c1-5(4-9)8-6(10)3-7-2/h4-5H,2-3H2,1H3,(H,8,10). The van der Waals surface area contributed by atoms with Gasteiger partial charge in [-0.3, -0.25) is 9.79 Å². The Morgan fingerprint density at radius 2 is 2.50 bits per heavy atom. The maximum Gasteiger partial charge on any atom is 0.242 e. The number of amides is 1. The fraction of sp³-hybridized carbons (Fsp3) is 0.500. The molecule has 1 unspecified atom stereocenters. The van der Waals surface area contributed by atoms with Gasteiger partial charge in [-0.2, -0.15) is 0 Å². The molecule has 0 aromatic rings. The SMILES string of the molecule is C=NCC(=O)NC(C)C=O. The highest BCUT2D eigenvalue weighted by atomic mass is 16.2. The van der Waals surface area contributed by atoms with E-state index in [2.05, 4.69) is 17.0 Å². The zero-order chi connectivity index (χ0) is 7.98. The zero-order valence-electron chi connectivity index (χ0n) is 5.83. The first-order valence-corrected chi connectivity index (χ1v) is 2.88. The van der Waals surface area contributed by atoms with Crippen molar-refractivity contribution >= 4 is 18.9 Å². The van der Waals surface area contributed by atoms with Crippen molar-refractivity contribution in [3.8, 4) is 0 Å². The Hall–Kier alpha value is -1.19. The Kier molecular flexibility index (Phi) is 4.11. The Bertz CT molecular complexity index is 145. The molecule has 0 bridgehead atoms.